The molecule has 0 bridgehead atoms. The minimum atomic E-state index is -0.352. The normalized spacial score (nSPS) is 13.5. The number of nitrogens with one attached hydrogen (secondary N) is 2. The highest BCUT2D eigenvalue weighted by Crippen LogP contribution is 2.18. The van der Waals surface area contributed by atoms with Crippen LogP contribution in [-0.2, 0) is 0 Å². The van der Waals surface area contributed by atoms with Crippen LogP contribution in [0.5, 0.6) is 5.75 Å². The Morgan fingerprint density at radius 1 is 1.27 bits per heavy atom. The molecule has 3 N–H and O–H groups in total. The van der Waals surface area contributed by atoms with Gasteiger partial charge in [0.1, 0.15) is 5.75 Å². The predicted octanol–water partition coefficient (Wildman–Crippen LogP) is 3.25. The van der Waals surface area contributed by atoms with Crippen LogP contribution in [0.1, 0.15) is 34.1 Å². The van der Waals surface area contributed by atoms with Gasteiger partial charge in [0.05, 0.1) is 12.7 Å². The van der Waals surface area contributed by atoms with Gasteiger partial charge in [0.25, 0.3) is 0 Å². The van der Waals surface area contributed by atoms with E-state index in [2.05, 4.69) is 24.5 Å². The molecule has 1 rings (SSSR count). The summed E-state index contributed by atoms with van der Waals surface area (Å²) in [4.78, 5) is 11.9. The van der Waals surface area contributed by atoms with Crippen molar-refractivity contribution in [3.05, 3.63) is 24.3 Å². The Hall–Kier alpha value is -1.75. The molecule has 5 nitrogen and oxygen atoms in total. The molecule has 0 radical (unpaired) electrons. The number of aliphatic hydroxyl groups is 1. The Morgan fingerprint density at radius 2 is 2.00 bits per heavy atom. The van der Waals surface area contributed by atoms with Gasteiger partial charge in [-0.15, -0.1) is 0 Å². The second kappa shape index (κ2) is 9.30. The fraction of sp³-hybridized carbons (Fsp3) is 0.588. The van der Waals surface area contributed by atoms with Gasteiger partial charge in [0, 0.05) is 18.3 Å². The largest absolute Gasteiger partial charge is 0.493 e. The lowest BCUT2D eigenvalue weighted by molar-refractivity contribution is 0.163. The number of amides is 2. The van der Waals surface area contributed by atoms with Crippen LogP contribution in [0.2, 0.25) is 0 Å². The van der Waals surface area contributed by atoms with Crippen LogP contribution >= 0.6 is 0 Å². The highest BCUT2D eigenvalue weighted by atomic mass is 16.5. The molecule has 0 saturated carbocycles. The highest BCUT2D eigenvalue weighted by molar-refractivity contribution is 5.89. The van der Waals surface area contributed by atoms with Crippen molar-refractivity contribution in [3.8, 4) is 5.75 Å². The van der Waals surface area contributed by atoms with Crippen LogP contribution in [-0.4, -0.2) is 30.4 Å². The van der Waals surface area contributed by atoms with Crippen molar-refractivity contribution in [1.82, 2.24) is 5.32 Å². The molecule has 0 aliphatic carbocycles. The SMILES string of the molecule is CC(C)COc1cccc(NC(=O)NCC(C)CC(C)O)c1. The predicted molar refractivity (Wildman–Crippen MR) is 89.3 cm³/mol. The molecular weight excluding hydrogens is 280 g/mol. The van der Waals surface area contributed by atoms with E-state index in [4.69, 9.17) is 4.74 Å². The Balaban J connectivity index is 2.42. The van der Waals surface area contributed by atoms with Gasteiger partial charge in [-0.3, -0.25) is 0 Å². The first-order chi connectivity index (χ1) is 10.4. The summed E-state index contributed by atoms with van der Waals surface area (Å²) < 4.78 is 5.63. The number of benzene rings is 1. The summed E-state index contributed by atoms with van der Waals surface area (Å²) in [7, 11) is 0. The fourth-order valence-electron chi connectivity index (χ4n) is 2.03. The van der Waals surface area contributed by atoms with E-state index in [-0.39, 0.29) is 18.1 Å². The molecule has 0 aromatic heterocycles. The Kier molecular flexibility index (Phi) is 7.74. The Labute approximate surface area is 133 Å². The number of hydrogen-bond donors (Lipinski definition) is 3. The first kappa shape index (κ1) is 18.3. The molecule has 1 aromatic rings. The van der Waals surface area contributed by atoms with Crippen LogP contribution in [0.25, 0.3) is 0 Å². The summed E-state index contributed by atoms with van der Waals surface area (Å²) in [5, 5.41) is 14.9. The molecule has 0 aliphatic rings. The highest BCUT2D eigenvalue weighted by Gasteiger charge is 2.08. The van der Waals surface area contributed by atoms with E-state index in [0.29, 0.717) is 31.2 Å². The molecule has 2 atom stereocenters. The average molecular weight is 308 g/mol. The second-order valence-electron chi connectivity index (χ2n) is 6.26. The monoisotopic (exact) mass is 308 g/mol. The topological polar surface area (TPSA) is 70.6 Å². The minimum absolute atomic E-state index is 0.228. The van der Waals surface area contributed by atoms with Gasteiger partial charge >= 0.3 is 6.03 Å². The number of carbonyl (C=O) groups is 1. The summed E-state index contributed by atoms with van der Waals surface area (Å²) in [5.41, 5.74) is 0.696. The lowest BCUT2D eigenvalue weighted by atomic mass is 10.1. The molecule has 0 saturated heterocycles. The molecule has 1 aromatic carbocycles. The minimum Gasteiger partial charge on any atom is -0.493 e. The fourth-order valence-corrected chi connectivity index (χ4v) is 2.03. The first-order valence-electron chi connectivity index (χ1n) is 7.82. The molecule has 124 valence electrons. The Morgan fingerprint density at radius 3 is 2.64 bits per heavy atom. The van der Waals surface area contributed by atoms with Gasteiger partial charge in [-0.2, -0.15) is 0 Å². The van der Waals surface area contributed by atoms with Crippen molar-refractivity contribution in [2.75, 3.05) is 18.5 Å². The quantitative estimate of drug-likeness (QED) is 0.690. The molecule has 2 amide bonds. The standard InChI is InChI=1S/C17H28N2O3/c1-12(2)11-22-16-7-5-6-15(9-16)19-17(21)18-10-13(3)8-14(4)20/h5-7,9,12-14,20H,8,10-11H2,1-4H3,(H2,18,19,21). The summed E-state index contributed by atoms with van der Waals surface area (Å²) in [6.45, 7) is 9.09. The van der Waals surface area contributed by atoms with E-state index < -0.39 is 0 Å². The maximum atomic E-state index is 11.9. The summed E-state index contributed by atoms with van der Waals surface area (Å²) in [6, 6.07) is 7.10. The molecule has 2 unspecified atom stereocenters. The molecule has 22 heavy (non-hydrogen) atoms. The Bertz CT molecular complexity index is 461. The van der Waals surface area contributed by atoms with Crippen LogP contribution in [0.4, 0.5) is 10.5 Å². The second-order valence-corrected chi connectivity index (χ2v) is 6.26. The molecule has 0 fully saturated rings. The van der Waals surface area contributed by atoms with Gasteiger partial charge in [-0.05, 0) is 37.3 Å². The first-order valence-corrected chi connectivity index (χ1v) is 7.82. The van der Waals surface area contributed by atoms with Crippen LogP contribution in [0, 0.1) is 11.8 Å². The number of aliphatic hydroxyl groups excluding tert-OH is 1. The summed E-state index contributed by atoms with van der Waals surface area (Å²) in [5.74, 6) is 1.43. The zero-order valence-electron chi connectivity index (χ0n) is 13.9. The number of urea groups is 1. The third-order valence-electron chi connectivity index (χ3n) is 3.03. The third-order valence-corrected chi connectivity index (χ3v) is 3.03. The van der Waals surface area contributed by atoms with Gasteiger partial charge in [0.2, 0.25) is 0 Å². The van der Waals surface area contributed by atoms with Crippen molar-refractivity contribution in [3.63, 3.8) is 0 Å². The number of carbonyl (C=O) groups excluding carboxylic acids is 1. The van der Waals surface area contributed by atoms with Crippen LogP contribution in [0.3, 0.4) is 0 Å². The smallest absolute Gasteiger partial charge is 0.319 e. The van der Waals surface area contributed by atoms with Crippen LogP contribution < -0.4 is 15.4 Å². The molecule has 0 aliphatic heterocycles. The van der Waals surface area contributed by atoms with Crippen molar-refractivity contribution in [2.45, 2.75) is 40.2 Å². The van der Waals surface area contributed by atoms with E-state index in [9.17, 15) is 9.90 Å². The summed E-state index contributed by atoms with van der Waals surface area (Å²) in [6.07, 6.45) is 0.313. The maximum Gasteiger partial charge on any atom is 0.319 e. The maximum absolute atomic E-state index is 11.9. The van der Waals surface area contributed by atoms with E-state index >= 15 is 0 Å². The van der Waals surface area contributed by atoms with E-state index in [0.717, 1.165) is 5.75 Å². The molecule has 5 heteroatoms. The van der Waals surface area contributed by atoms with Gasteiger partial charge in [-0.25, -0.2) is 4.79 Å². The van der Waals surface area contributed by atoms with Crippen LogP contribution in [0.15, 0.2) is 24.3 Å². The average Bonchev–Trinajstić information content (AvgIpc) is 2.43. The lowest BCUT2D eigenvalue weighted by Crippen LogP contribution is -2.33. The number of rotatable bonds is 8. The van der Waals surface area contributed by atoms with E-state index in [1.54, 1.807) is 13.0 Å². The molecular formula is C17H28N2O3. The molecule has 0 spiro atoms. The van der Waals surface area contributed by atoms with Gasteiger partial charge in [0.15, 0.2) is 0 Å². The zero-order valence-corrected chi connectivity index (χ0v) is 13.9. The number of ether oxygens (including phenoxy) is 1. The van der Waals surface area contributed by atoms with E-state index in [1.165, 1.54) is 0 Å². The zero-order chi connectivity index (χ0) is 16.5. The number of hydrogen-bond acceptors (Lipinski definition) is 3. The van der Waals surface area contributed by atoms with Gasteiger partial charge < -0.3 is 20.5 Å². The van der Waals surface area contributed by atoms with Crippen molar-refractivity contribution in [1.29, 1.82) is 0 Å². The third kappa shape index (κ3) is 7.88. The van der Waals surface area contributed by atoms with Crippen molar-refractivity contribution in [2.24, 2.45) is 11.8 Å². The summed E-state index contributed by atoms with van der Waals surface area (Å²) >= 11 is 0. The number of anilines is 1. The van der Waals surface area contributed by atoms with Crippen molar-refractivity contribution < 1.29 is 14.6 Å². The van der Waals surface area contributed by atoms with Gasteiger partial charge in [-0.1, -0.05) is 26.8 Å². The van der Waals surface area contributed by atoms with E-state index in [1.807, 2.05) is 25.1 Å². The lowest BCUT2D eigenvalue weighted by Gasteiger charge is -2.15. The molecule has 0 heterocycles. The van der Waals surface area contributed by atoms with Crippen molar-refractivity contribution >= 4 is 11.7 Å².